The monoisotopic (exact) mass is 406 g/mol. The van der Waals surface area contributed by atoms with Crippen molar-refractivity contribution in [2.24, 2.45) is 0 Å². The van der Waals surface area contributed by atoms with Gasteiger partial charge in [-0.25, -0.2) is 4.79 Å². The number of nitrogens with one attached hydrogen (secondary N) is 2. The Balaban J connectivity index is 1.86. The van der Waals surface area contributed by atoms with Gasteiger partial charge in [0.05, 0.1) is 24.8 Å². The maximum absolute atomic E-state index is 12.2. The molecule has 2 rings (SSSR count). The predicted octanol–water partition coefficient (Wildman–Crippen LogP) is 2.11. The van der Waals surface area contributed by atoms with E-state index in [0.29, 0.717) is 17.4 Å². The van der Waals surface area contributed by atoms with Crippen LogP contribution in [0.2, 0.25) is 5.02 Å². The summed E-state index contributed by atoms with van der Waals surface area (Å²) in [5.74, 6) is -1.73. The molecule has 0 aliphatic carbocycles. The van der Waals surface area contributed by atoms with E-state index >= 15 is 0 Å². The first-order valence-electron chi connectivity index (χ1n) is 8.12. The molecule has 8 nitrogen and oxygen atoms in total. The summed E-state index contributed by atoms with van der Waals surface area (Å²) in [5.41, 5.74) is 5.58. The normalized spacial score (nSPS) is 10.1. The van der Waals surface area contributed by atoms with E-state index in [1.165, 1.54) is 19.2 Å². The van der Waals surface area contributed by atoms with Crippen molar-refractivity contribution in [3.8, 4) is 5.75 Å². The molecule has 0 heterocycles. The lowest BCUT2D eigenvalue weighted by Crippen LogP contribution is -2.43. The zero-order valence-electron chi connectivity index (χ0n) is 15.3. The Morgan fingerprint density at radius 1 is 1.04 bits per heavy atom. The predicted molar refractivity (Wildman–Crippen MR) is 101 cm³/mol. The smallest absolute Gasteiger partial charge is 0.338 e. The number of esters is 1. The fourth-order valence-electron chi connectivity index (χ4n) is 2.26. The molecular formula is C19H19ClN2O6. The number of rotatable bonds is 7. The quantitative estimate of drug-likeness (QED) is 0.539. The molecule has 28 heavy (non-hydrogen) atoms. The Hall–Kier alpha value is -3.10. The second-order valence-corrected chi connectivity index (χ2v) is 5.99. The third kappa shape index (κ3) is 5.97. The second kappa shape index (κ2) is 10.3. The molecule has 0 fully saturated rings. The van der Waals surface area contributed by atoms with E-state index < -0.39 is 24.4 Å². The van der Waals surface area contributed by atoms with Gasteiger partial charge >= 0.3 is 5.97 Å². The number of hydrogen-bond acceptors (Lipinski definition) is 6. The van der Waals surface area contributed by atoms with Crippen molar-refractivity contribution in [1.29, 1.82) is 0 Å². The van der Waals surface area contributed by atoms with Gasteiger partial charge in [-0.05, 0) is 35.9 Å². The highest BCUT2D eigenvalue weighted by atomic mass is 35.5. The third-order valence-electron chi connectivity index (χ3n) is 3.53. The minimum absolute atomic E-state index is 0.141. The van der Waals surface area contributed by atoms with E-state index in [-0.39, 0.29) is 11.1 Å². The average molecular weight is 407 g/mol. The van der Waals surface area contributed by atoms with Gasteiger partial charge in [-0.1, -0.05) is 23.7 Å². The molecule has 2 N–H and O–H groups in total. The summed E-state index contributed by atoms with van der Waals surface area (Å²) in [4.78, 5) is 36.0. The van der Waals surface area contributed by atoms with Crippen molar-refractivity contribution in [2.75, 3.05) is 20.8 Å². The van der Waals surface area contributed by atoms with Crippen LogP contribution in [0.15, 0.2) is 42.5 Å². The van der Waals surface area contributed by atoms with Crippen LogP contribution in [0.5, 0.6) is 5.75 Å². The SMILES string of the molecule is COCc1cccc(C(=O)OCC(=O)NNC(=O)c2cc(Cl)ccc2OC)c1. The van der Waals surface area contributed by atoms with Crippen LogP contribution in [-0.2, 0) is 20.9 Å². The zero-order valence-corrected chi connectivity index (χ0v) is 16.0. The van der Waals surface area contributed by atoms with Gasteiger partial charge in [-0.2, -0.15) is 0 Å². The number of methoxy groups -OCH3 is 2. The molecule has 0 aromatic heterocycles. The van der Waals surface area contributed by atoms with E-state index in [4.69, 9.17) is 25.8 Å². The van der Waals surface area contributed by atoms with Crippen LogP contribution in [-0.4, -0.2) is 38.6 Å². The first-order chi connectivity index (χ1) is 13.4. The fraction of sp³-hybridized carbons (Fsp3) is 0.211. The largest absolute Gasteiger partial charge is 0.496 e. The van der Waals surface area contributed by atoms with E-state index in [2.05, 4.69) is 10.9 Å². The highest BCUT2D eigenvalue weighted by Gasteiger charge is 2.15. The molecule has 0 aliphatic rings. The van der Waals surface area contributed by atoms with E-state index in [0.717, 1.165) is 5.56 Å². The third-order valence-corrected chi connectivity index (χ3v) is 3.76. The van der Waals surface area contributed by atoms with Crippen LogP contribution in [0.4, 0.5) is 0 Å². The summed E-state index contributed by atoms with van der Waals surface area (Å²) >= 11 is 5.87. The maximum Gasteiger partial charge on any atom is 0.338 e. The number of ether oxygens (including phenoxy) is 3. The molecule has 0 saturated heterocycles. The highest BCUT2D eigenvalue weighted by Crippen LogP contribution is 2.22. The Morgan fingerprint density at radius 2 is 1.82 bits per heavy atom. The Bertz CT molecular complexity index is 871. The minimum Gasteiger partial charge on any atom is -0.496 e. The number of hydrogen-bond donors (Lipinski definition) is 2. The van der Waals surface area contributed by atoms with E-state index in [1.807, 2.05) is 0 Å². The lowest BCUT2D eigenvalue weighted by molar-refractivity contribution is -0.125. The van der Waals surface area contributed by atoms with Crippen molar-refractivity contribution < 1.29 is 28.6 Å². The summed E-state index contributed by atoms with van der Waals surface area (Å²) < 4.78 is 15.0. The molecule has 2 aromatic carbocycles. The Labute approximate surface area is 166 Å². The minimum atomic E-state index is -0.712. The summed E-state index contributed by atoms with van der Waals surface area (Å²) in [6.07, 6.45) is 0. The first-order valence-corrected chi connectivity index (χ1v) is 8.50. The molecular weight excluding hydrogens is 388 g/mol. The molecule has 9 heteroatoms. The Morgan fingerprint density at radius 3 is 2.54 bits per heavy atom. The molecule has 148 valence electrons. The van der Waals surface area contributed by atoms with Gasteiger partial charge in [0.25, 0.3) is 11.8 Å². The summed E-state index contributed by atoms with van der Waals surface area (Å²) in [6.45, 7) is -0.221. The molecule has 0 spiro atoms. The van der Waals surface area contributed by atoms with Gasteiger partial charge in [0.1, 0.15) is 5.75 Å². The molecule has 0 saturated carbocycles. The van der Waals surface area contributed by atoms with Crippen molar-refractivity contribution in [2.45, 2.75) is 6.61 Å². The molecule has 0 bridgehead atoms. The number of hydrazine groups is 1. The summed E-state index contributed by atoms with van der Waals surface area (Å²) in [6, 6.07) is 11.1. The van der Waals surface area contributed by atoms with Gasteiger partial charge in [-0.15, -0.1) is 0 Å². The van der Waals surface area contributed by atoms with Crippen molar-refractivity contribution in [3.63, 3.8) is 0 Å². The lowest BCUT2D eigenvalue weighted by Gasteiger charge is -2.11. The van der Waals surface area contributed by atoms with Gasteiger partial charge in [0.2, 0.25) is 0 Å². The standard InChI is InChI=1S/C19H19ClN2O6/c1-26-10-12-4-3-5-13(8-12)19(25)28-11-17(23)21-22-18(24)15-9-14(20)6-7-16(15)27-2/h3-9H,10-11H2,1-2H3,(H,21,23)(H,22,24). The van der Waals surface area contributed by atoms with Gasteiger partial charge < -0.3 is 14.2 Å². The average Bonchev–Trinajstić information content (AvgIpc) is 2.70. The number of carbonyl (C=O) groups excluding carboxylic acids is 3. The van der Waals surface area contributed by atoms with Crippen LogP contribution >= 0.6 is 11.6 Å². The van der Waals surface area contributed by atoms with E-state index in [1.54, 1.807) is 37.4 Å². The van der Waals surface area contributed by atoms with Crippen molar-refractivity contribution in [3.05, 3.63) is 64.2 Å². The Kier molecular flexibility index (Phi) is 7.79. The van der Waals surface area contributed by atoms with Crippen molar-refractivity contribution in [1.82, 2.24) is 10.9 Å². The highest BCUT2D eigenvalue weighted by molar-refractivity contribution is 6.31. The number of benzene rings is 2. The van der Waals surface area contributed by atoms with Crippen LogP contribution in [0, 0.1) is 0 Å². The van der Waals surface area contributed by atoms with E-state index in [9.17, 15) is 14.4 Å². The summed E-state index contributed by atoms with van der Waals surface area (Å²) in [7, 11) is 2.95. The topological polar surface area (TPSA) is 103 Å². The molecule has 0 aliphatic heterocycles. The number of amides is 2. The van der Waals surface area contributed by atoms with Crippen LogP contribution in [0.1, 0.15) is 26.3 Å². The van der Waals surface area contributed by atoms with Crippen molar-refractivity contribution >= 4 is 29.4 Å². The fourth-order valence-corrected chi connectivity index (χ4v) is 2.43. The molecule has 0 radical (unpaired) electrons. The maximum atomic E-state index is 12.2. The zero-order chi connectivity index (χ0) is 20.5. The van der Waals surface area contributed by atoms with Crippen LogP contribution in [0.25, 0.3) is 0 Å². The lowest BCUT2D eigenvalue weighted by atomic mass is 10.1. The number of halogens is 1. The first kappa shape index (κ1) is 21.2. The van der Waals surface area contributed by atoms with Gasteiger partial charge in [0.15, 0.2) is 6.61 Å². The summed E-state index contributed by atoms with van der Waals surface area (Å²) in [5, 5.41) is 0.335. The van der Waals surface area contributed by atoms with Gasteiger partial charge in [-0.3, -0.25) is 20.4 Å². The second-order valence-electron chi connectivity index (χ2n) is 5.56. The molecule has 2 amide bonds. The number of carbonyl (C=O) groups is 3. The van der Waals surface area contributed by atoms with Crippen LogP contribution in [0.3, 0.4) is 0 Å². The van der Waals surface area contributed by atoms with Crippen LogP contribution < -0.4 is 15.6 Å². The molecule has 2 aromatic rings. The van der Waals surface area contributed by atoms with Gasteiger partial charge in [0, 0.05) is 12.1 Å². The molecule has 0 unspecified atom stereocenters. The molecule has 0 atom stereocenters.